The fourth-order valence-corrected chi connectivity index (χ4v) is 2.16. The number of nitrogens with one attached hydrogen (secondary N) is 2. The molecule has 0 bridgehead atoms. The number of hydrogen-bond acceptors (Lipinski definition) is 3. The van der Waals surface area contributed by atoms with Crippen molar-refractivity contribution in [3.63, 3.8) is 0 Å². The molecule has 0 spiro atoms. The van der Waals surface area contributed by atoms with E-state index in [0.717, 1.165) is 10.2 Å². The zero-order valence-corrected chi connectivity index (χ0v) is 14.5. The standard InChI is InChI=1S/C15H12BrClN2O2S/c16-10-1-5-12(6-2-10)18-15(22)19-14(20)9-21-13-7-3-11(17)4-8-13/h1-8H,9H2,(H2,18,19,20,22). The third kappa shape index (κ3) is 5.63. The minimum absolute atomic E-state index is 0.135. The number of rotatable bonds is 4. The molecular weight excluding hydrogens is 388 g/mol. The molecule has 22 heavy (non-hydrogen) atoms. The van der Waals surface area contributed by atoms with E-state index < -0.39 is 0 Å². The Morgan fingerprint density at radius 2 is 1.77 bits per heavy atom. The van der Waals surface area contributed by atoms with Gasteiger partial charge in [-0.15, -0.1) is 0 Å². The van der Waals surface area contributed by atoms with E-state index in [0.29, 0.717) is 10.8 Å². The summed E-state index contributed by atoms with van der Waals surface area (Å²) in [6.45, 7) is -0.135. The Bertz CT molecular complexity index is 662. The zero-order chi connectivity index (χ0) is 15.9. The van der Waals surface area contributed by atoms with Gasteiger partial charge in [0.2, 0.25) is 0 Å². The van der Waals surface area contributed by atoms with Crippen molar-refractivity contribution in [2.45, 2.75) is 0 Å². The fraction of sp³-hybridized carbons (Fsp3) is 0.0667. The van der Waals surface area contributed by atoms with Crippen LogP contribution in [0.5, 0.6) is 5.75 Å². The Hall–Kier alpha value is -1.63. The van der Waals surface area contributed by atoms with Gasteiger partial charge in [0.15, 0.2) is 11.7 Å². The van der Waals surface area contributed by atoms with Crippen LogP contribution >= 0.6 is 39.7 Å². The van der Waals surface area contributed by atoms with Gasteiger partial charge >= 0.3 is 0 Å². The predicted molar refractivity (Wildman–Crippen MR) is 95.5 cm³/mol. The lowest BCUT2D eigenvalue weighted by Gasteiger charge is -2.10. The molecule has 1 amide bonds. The average Bonchev–Trinajstić information content (AvgIpc) is 2.49. The van der Waals surface area contributed by atoms with Crippen LogP contribution in [0.3, 0.4) is 0 Å². The van der Waals surface area contributed by atoms with Crippen LogP contribution in [0, 0.1) is 0 Å². The van der Waals surface area contributed by atoms with E-state index in [1.807, 2.05) is 24.3 Å². The maximum Gasteiger partial charge on any atom is 0.264 e. The maximum absolute atomic E-state index is 11.7. The van der Waals surface area contributed by atoms with Crippen LogP contribution in [-0.4, -0.2) is 17.6 Å². The highest BCUT2D eigenvalue weighted by Gasteiger charge is 2.06. The normalized spacial score (nSPS) is 9.91. The summed E-state index contributed by atoms with van der Waals surface area (Å²) in [5.41, 5.74) is 0.784. The SMILES string of the molecule is O=C(COc1ccc(Cl)cc1)NC(=S)Nc1ccc(Br)cc1. The lowest BCUT2D eigenvalue weighted by Crippen LogP contribution is -2.37. The van der Waals surface area contributed by atoms with Crippen LogP contribution in [0.1, 0.15) is 0 Å². The van der Waals surface area contributed by atoms with E-state index in [1.54, 1.807) is 24.3 Å². The average molecular weight is 400 g/mol. The molecule has 0 aliphatic heterocycles. The number of benzene rings is 2. The molecule has 2 aromatic rings. The molecule has 4 nitrogen and oxygen atoms in total. The molecule has 0 saturated heterocycles. The molecule has 0 saturated carbocycles. The first-order valence-corrected chi connectivity index (χ1v) is 7.85. The Balaban J connectivity index is 1.77. The number of halogens is 2. The van der Waals surface area contributed by atoms with Crippen molar-refractivity contribution < 1.29 is 9.53 Å². The van der Waals surface area contributed by atoms with E-state index in [4.69, 9.17) is 28.6 Å². The number of ether oxygens (including phenoxy) is 1. The maximum atomic E-state index is 11.7. The van der Waals surface area contributed by atoms with Crippen LogP contribution in [0.4, 0.5) is 5.69 Å². The molecule has 7 heteroatoms. The molecule has 0 unspecified atom stereocenters. The van der Waals surface area contributed by atoms with Crippen LogP contribution in [-0.2, 0) is 4.79 Å². The Labute approximate surface area is 146 Å². The minimum atomic E-state index is -0.343. The predicted octanol–water partition coefficient (Wildman–Crippen LogP) is 3.99. The summed E-state index contributed by atoms with van der Waals surface area (Å²) in [5.74, 6) is 0.218. The highest BCUT2D eigenvalue weighted by Crippen LogP contribution is 2.15. The molecule has 0 radical (unpaired) electrons. The van der Waals surface area contributed by atoms with Gasteiger partial charge in [0.25, 0.3) is 5.91 Å². The van der Waals surface area contributed by atoms with Gasteiger partial charge in [0.1, 0.15) is 5.75 Å². The third-order valence-electron chi connectivity index (χ3n) is 2.54. The van der Waals surface area contributed by atoms with Gasteiger partial charge in [-0.1, -0.05) is 27.5 Å². The third-order valence-corrected chi connectivity index (χ3v) is 3.52. The van der Waals surface area contributed by atoms with Crippen molar-refractivity contribution in [1.29, 1.82) is 0 Å². The molecule has 0 heterocycles. The second-order valence-corrected chi connectivity index (χ2v) is 6.01. The smallest absolute Gasteiger partial charge is 0.264 e. The number of amides is 1. The summed E-state index contributed by atoms with van der Waals surface area (Å²) in [4.78, 5) is 11.7. The van der Waals surface area contributed by atoms with E-state index in [1.165, 1.54) is 0 Å². The summed E-state index contributed by atoms with van der Waals surface area (Å²) in [6, 6.07) is 14.2. The molecule has 2 aromatic carbocycles. The summed E-state index contributed by atoms with van der Waals surface area (Å²) in [7, 11) is 0. The second kappa shape index (κ2) is 8.12. The van der Waals surface area contributed by atoms with Gasteiger partial charge < -0.3 is 10.1 Å². The van der Waals surface area contributed by atoms with Gasteiger partial charge in [0.05, 0.1) is 0 Å². The van der Waals surface area contributed by atoms with Crippen molar-refractivity contribution in [3.05, 3.63) is 58.0 Å². The monoisotopic (exact) mass is 398 g/mol. The van der Waals surface area contributed by atoms with Crippen molar-refractivity contribution in [3.8, 4) is 5.75 Å². The van der Waals surface area contributed by atoms with Gasteiger partial charge in [-0.2, -0.15) is 0 Å². The first-order valence-electron chi connectivity index (χ1n) is 6.28. The molecule has 114 valence electrons. The molecule has 2 rings (SSSR count). The first-order chi connectivity index (χ1) is 10.5. The van der Waals surface area contributed by atoms with E-state index in [-0.39, 0.29) is 17.6 Å². The lowest BCUT2D eigenvalue weighted by molar-refractivity contribution is -0.121. The number of hydrogen-bond donors (Lipinski definition) is 2. The fourth-order valence-electron chi connectivity index (χ4n) is 1.54. The van der Waals surface area contributed by atoms with Crippen LogP contribution in [0.15, 0.2) is 53.0 Å². The summed E-state index contributed by atoms with van der Waals surface area (Å²) in [6.07, 6.45) is 0. The van der Waals surface area contributed by atoms with E-state index in [9.17, 15) is 4.79 Å². The highest BCUT2D eigenvalue weighted by molar-refractivity contribution is 9.10. The van der Waals surface area contributed by atoms with Gasteiger partial charge in [-0.3, -0.25) is 10.1 Å². The van der Waals surface area contributed by atoms with Gasteiger partial charge in [-0.05, 0) is 60.7 Å². The van der Waals surface area contributed by atoms with E-state index >= 15 is 0 Å². The summed E-state index contributed by atoms with van der Waals surface area (Å²) < 4.78 is 6.29. The highest BCUT2D eigenvalue weighted by atomic mass is 79.9. The van der Waals surface area contributed by atoms with E-state index in [2.05, 4.69) is 26.6 Å². The number of carbonyl (C=O) groups is 1. The molecule has 0 fully saturated rings. The van der Waals surface area contributed by atoms with Gasteiger partial charge in [-0.25, -0.2) is 0 Å². The van der Waals surface area contributed by atoms with Crippen molar-refractivity contribution >= 4 is 56.5 Å². The molecule has 0 aliphatic carbocycles. The Morgan fingerprint density at radius 3 is 2.41 bits per heavy atom. The summed E-state index contributed by atoms with van der Waals surface area (Å²) in [5, 5.41) is 6.28. The van der Waals surface area contributed by atoms with Crippen molar-refractivity contribution in [2.24, 2.45) is 0 Å². The van der Waals surface area contributed by atoms with Gasteiger partial charge in [0, 0.05) is 15.2 Å². The van der Waals surface area contributed by atoms with Crippen molar-refractivity contribution in [2.75, 3.05) is 11.9 Å². The Morgan fingerprint density at radius 1 is 1.14 bits per heavy atom. The molecule has 0 aliphatic rings. The molecule has 2 N–H and O–H groups in total. The van der Waals surface area contributed by atoms with Crippen molar-refractivity contribution in [1.82, 2.24) is 5.32 Å². The topological polar surface area (TPSA) is 50.4 Å². The second-order valence-electron chi connectivity index (χ2n) is 4.25. The van der Waals surface area contributed by atoms with Crippen LogP contribution in [0.25, 0.3) is 0 Å². The van der Waals surface area contributed by atoms with Crippen LogP contribution < -0.4 is 15.4 Å². The summed E-state index contributed by atoms with van der Waals surface area (Å²) >= 11 is 14.2. The largest absolute Gasteiger partial charge is 0.484 e. The number of anilines is 1. The first kappa shape index (κ1) is 16.7. The lowest BCUT2D eigenvalue weighted by atomic mass is 10.3. The quantitative estimate of drug-likeness (QED) is 0.763. The molecular formula is C15H12BrClN2O2S. The molecule has 0 aromatic heterocycles. The molecule has 0 atom stereocenters. The minimum Gasteiger partial charge on any atom is -0.484 e. The number of carbonyl (C=O) groups excluding carboxylic acids is 1. The van der Waals surface area contributed by atoms with Crippen LogP contribution in [0.2, 0.25) is 5.02 Å². The zero-order valence-electron chi connectivity index (χ0n) is 11.3. The Kier molecular flexibility index (Phi) is 6.18. The number of thiocarbonyl (C=S) groups is 1.